The Labute approximate surface area is 51.1 Å². The van der Waals surface area contributed by atoms with Gasteiger partial charge in [0, 0.05) is 19.2 Å². The van der Waals surface area contributed by atoms with Crippen LogP contribution in [0.25, 0.3) is 0 Å². The van der Waals surface area contributed by atoms with Crippen molar-refractivity contribution in [2.45, 2.75) is 20.3 Å². The Morgan fingerprint density at radius 1 is 1.50 bits per heavy atom. The molecule has 0 aliphatic carbocycles. The zero-order valence-electron chi connectivity index (χ0n) is 5.86. The third-order valence-electron chi connectivity index (χ3n) is 0.939. The largest absolute Gasteiger partial charge is 0.297 e. The van der Waals surface area contributed by atoms with Gasteiger partial charge in [-0.1, -0.05) is 12.2 Å². The minimum Gasteiger partial charge on any atom is -0.297 e. The van der Waals surface area contributed by atoms with Gasteiger partial charge in [-0.2, -0.15) is 0 Å². The second-order valence-corrected chi connectivity index (χ2v) is 2.09. The molecule has 0 saturated carbocycles. The normalized spacial score (nSPS) is 11.6. The van der Waals surface area contributed by atoms with E-state index in [9.17, 15) is 0 Å². The van der Waals surface area contributed by atoms with Gasteiger partial charge in [0.2, 0.25) is 0 Å². The first-order valence-electron chi connectivity index (χ1n) is 2.73. The average molecular weight is 111 g/mol. The molecule has 0 heterocycles. The summed E-state index contributed by atoms with van der Waals surface area (Å²) in [6.07, 6.45) is 0.941. The molecule has 0 aliphatic rings. The van der Waals surface area contributed by atoms with Gasteiger partial charge in [-0.15, -0.1) is 0 Å². The van der Waals surface area contributed by atoms with Crippen molar-refractivity contribution >= 4 is 5.71 Å². The maximum Gasteiger partial charge on any atom is 0.0276 e. The zero-order chi connectivity index (χ0) is 6.57. The molecular weight excluding hydrogens is 98.1 g/mol. The molecule has 0 unspecified atom stereocenters. The van der Waals surface area contributed by atoms with Gasteiger partial charge < -0.3 is 0 Å². The van der Waals surface area contributed by atoms with Crippen LogP contribution in [-0.4, -0.2) is 12.8 Å². The van der Waals surface area contributed by atoms with Crippen LogP contribution < -0.4 is 0 Å². The van der Waals surface area contributed by atoms with Crippen molar-refractivity contribution in [1.82, 2.24) is 0 Å². The summed E-state index contributed by atoms with van der Waals surface area (Å²) in [5, 5.41) is 0. The van der Waals surface area contributed by atoms with E-state index in [0.29, 0.717) is 0 Å². The Morgan fingerprint density at radius 2 is 2.00 bits per heavy atom. The number of allylic oxidation sites excluding steroid dienone is 1. The van der Waals surface area contributed by atoms with Crippen molar-refractivity contribution in [2.24, 2.45) is 4.99 Å². The summed E-state index contributed by atoms with van der Waals surface area (Å²) in [6.45, 7) is 7.78. The molecule has 0 radical (unpaired) electrons. The molecule has 1 heteroatoms. The molecule has 0 amide bonds. The van der Waals surface area contributed by atoms with Crippen LogP contribution in [0.4, 0.5) is 0 Å². The molecule has 0 atom stereocenters. The van der Waals surface area contributed by atoms with Crippen molar-refractivity contribution < 1.29 is 0 Å². The molecule has 0 aromatic heterocycles. The van der Waals surface area contributed by atoms with Crippen LogP contribution in [-0.2, 0) is 0 Å². The van der Waals surface area contributed by atoms with Crippen LogP contribution in [0.15, 0.2) is 17.1 Å². The Balaban J connectivity index is 3.56. The summed E-state index contributed by atoms with van der Waals surface area (Å²) in [5.41, 5.74) is 2.32. The van der Waals surface area contributed by atoms with Crippen LogP contribution in [0, 0.1) is 0 Å². The highest BCUT2D eigenvalue weighted by Gasteiger charge is 1.86. The number of nitrogens with zero attached hydrogens (tertiary/aromatic N) is 1. The van der Waals surface area contributed by atoms with Crippen molar-refractivity contribution in [3.63, 3.8) is 0 Å². The maximum absolute atomic E-state index is 3.98. The lowest BCUT2D eigenvalue weighted by atomic mass is 10.2. The van der Waals surface area contributed by atoms with E-state index < -0.39 is 0 Å². The lowest BCUT2D eigenvalue weighted by Gasteiger charge is -1.94. The van der Waals surface area contributed by atoms with Gasteiger partial charge in [0.15, 0.2) is 0 Å². The third kappa shape index (κ3) is 3.59. The minimum absolute atomic E-state index is 0.941. The molecular formula is C7H13N. The van der Waals surface area contributed by atoms with Crippen LogP contribution in [0.3, 0.4) is 0 Å². The van der Waals surface area contributed by atoms with Gasteiger partial charge in [-0.25, -0.2) is 0 Å². The standard InChI is InChI=1S/C7H13N/c1-6(2)5-7(3)8-4/h1,5H2,2-4H3/b8-7+. The van der Waals surface area contributed by atoms with E-state index in [1.54, 1.807) is 7.05 Å². The van der Waals surface area contributed by atoms with Gasteiger partial charge in [-0.3, -0.25) is 4.99 Å². The Bertz CT molecular complexity index is 112. The first kappa shape index (κ1) is 7.41. The predicted octanol–water partition coefficient (Wildman–Crippen LogP) is 2.04. The molecule has 1 nitrogen and oxygen atoms in total. The van der Waals surface area contributed by atoms with E-state index in [-0.39, 0.29) is 0 Å². The predicted molar refractivity (Wildman–Crippen MR) is 38.5 cm³/mol. The number of aliphatic imine (C=N–C) groups is 1. The fraction of sp³-hybridized carbons (Fsp3) is 0.571. The second-order valence-electron chi connectivity index (χ2n) is 2.09. The second kappa shape index (κ2) is 3.42. The van der Waals surface area contributed by atoms with Crippen molar-refractivity contribution in [2.75, 3.05) is 7.05 Å². The molecule has 0 bridgehead atoms. The van der Waals surface area contributed by atoms with E-state index >= 15 is 0 Å². The van der Waals surface area contributed by atoms with Crippen LogP contribution in [0.5, 0.6) is 0 Å². The van der Waals surface area contributed by atoms with E-state index in [1.165, 1.54) is 5.57 Å². The lowest BCUT2D eigenvalue weighted by molar-refractivity contribution is 1.23. The van der Waals surface area contributed by atoms with Crippen LogP contribution >= 0.6 is 0 Å². The van der Waals surface area contributed by atoms with Crippen LogP contribution in [0.2, 0.25) is 0 Å². The summed E-state index contributed by atoms with van der Waals surface area (Å²) in [6, 6.07) is 0. The molecule has 8 heavy (non-hydrogen) atoms. The van der Waals surface area contributed by atoms with Crippen molar-refractivity contribution in [1.29, 1.82) is 0 Å². The number of hydrogen-bond acceptors (Lipinski definition) is 1. The van der Waals surface area contributed by atoms with Gasteiger partial charge in [0.1, 0.15) is 0 Å². The molecule has 0 aromatic carbocycles. The zero-order valence-corrected chi connectivity index (χ0v) is 5.86. The summed E-state index contributed by atoms with van der Waals surface area (Å²) in [4.78, 5) is 3.98. The third-order valence-corrected chi connectivity index (χ3v) is 0.939. The summed E-state index contributed by atoms with van der Waals surface area (Å²) in [7, 11) is 1.80. The molecule has 0 N–H and O–H groups in total. The fourth-order valence-electron chi connectivity index (χ4n) is 0.516. The Morgan fingerprint density at radius 3 is 2.12 bits per heavy atom. The number of rotatable bonds is 2. The summed E-state index contributed by atoms with van der Waals surface area (Å²) < 4.78 is 0. The lowest BCUT2D eigenvalue weighted by Crippen LogP contribution is -1.89. The topological polar surface area (TPSA) is 12.4 Å². The van der Waals surface area contributed by atoms with Gasteiger partial charge >= 0.3 is 0 Å². The monoisotopic (exact) mass is 111 g/mol. The molecule has 0 aliphatic heterocycles. The van der Waals surface area contributed by atoms with Crippen molar-refractivity contribution in [3.8, 4) is 0 Å². The maximum atomic E-state index is 3.98. The Hall–Kier alpha value is -0.590. The number of hydrogen-bond donors (Lipinski definition) is 0. The van der Waals surface area contributed by atoms with Gasteiger partial charge in [0.05, 0.1) is 0 Å². The molecule has 46 valence electrons. The first-order chi connectivity index (χ1) is 3.66. The summed E-state index contributed by atoms with van der Waals surface area (Å²) >= 11 is 0. The van der Waals surface area contributed by atoms with Crippen LogP contribution in [0.1, 0.15) is 20.3 Å². The van der Waals surface area contributed by atoms with E-state index in [2.05, 4.69) is 11.6 Å². The molecule has 0 fully saturated rings. The quantitative estimate of drug-likeness (QED) is 0.382. The molecule has 0 rings (SSSR count). The molecule has 0 spiro atoms. The van der Waals surface area contributed by atoms with Gasteiger partial charge in [0.25, 0.3) is 0 Å². The highest BCUT2D eigenvalue weighted by Crippen LogP contribution is 1.96. The highest BCUT2D eigenvalue weighted by atomic mass is 14.7. The average Bonchev–Trinajstić information content (AvgIpc) is 1.65. The first-order valence-corrected chi connectivity index (χ1v) is 2.73. The SMILES string of the molecule is C=C(C)C/C(C)=N/C. The minimum atomic E-state index is 0.941. The van der Waals surface area contributed by atoms with E-state index in [0.717, 1.165) is 12.1 Å². The Kier molecular flexibility index (Phi) is 3.16. The molecule has 0 saturated heterocycles. The fourth-order valence-corrected chi connectivity index (χ4v) is 0.516. The highest BCUT2D eigenvalue weighted by molar-refractivity contribution is 5.83. The summed E-state index contributed by atoms with van der Waals surface area (Å²) in [5.74, 6) is 0. The molecule has 0 aromatic rings. The van der Waals surface area contributed by atoms with Gasteiger partial charge in [-0.05, 0) is 13.8 Å². The van der Waals surface area contributed by atoms with E-state index in [1.807, 2.05) is 13.8 Å². The smallest absolute Gasteiger partial charge is 0.0276 e. The van der Waals surface area contributed by atoms with E-state index in [4.69, 9.17) is 0 Å². The van der Waals surface area contributed by atoms with Crippen molar-refractivity contribution in [3.05, 3.63) is 12.2 Å².